The highest BCUT2D eigenvalue weighted by molar-refractivity contribution is 5.87. The van der Waals surface area contributed by atoms with Crippen LogP contribution in [0.2, 0.25) is 0 Å². The van der Waals surface area contributed by atoms with Gasteiger partial charge in [-0.25, -0.2) is 4.79 Å². The molecule has 0 spiro atoms. The van der Waals surface area contributed by atoms with Crippen molar-refractivity contribution in [3.63, 3.8) is 0 Å². The number of carbonyl (C=O) groups is 1. The highest BCUT2D eigenvalue weighted by atomic mass is 35.5. The molecular weight excluding hydrogens is 214 g/mol. The van der Waals surface area contributed by atoms with E-state index in [0.29, 0.717) is 5.56 Å². The second kappa shape index (κ2) is 6.43. The van der Waals surface area contributed by atoms with E-state index in [1.165, 1.54) is 5.56 Å². The Morgan fingerprint density at radius 2 is 1.80 bits per heavy atom. The third-order valence-electron chi connectivity index (χ3n) is 2.05. The van der Waals surface area contributed by atoms with Crippen LogP contribution in [-0.2, 0) is 6.42 Å². The molecule has 0 bridgehead atoms. The maximum Gasteiger partial charge on any atom is 0.335 e. The number of aromatic carboxylic acids is 1. The molecule has 1 rings (SSSR count). The molecule has 1 N–H and O–H groups in total. The molecule has 1 aromatic rings. The maximum atomic E-state index is 10.6. The van der Waals surface area contributed by atoms with Crippen LogP contribution in [0.1, 0.15) is 15.9 Å². The number of benzene rings is 1. The Balaban J connectivity index is 0.00000196. The van der Waals surface area contributed by atoms with Gasteiger partial charge in [0.25, 0.3) is 0 Å². The normalized spacial score (nSPS) is 9.80. The summed E-state index contributed by atoms with van der Waals surface area (Å²) in [5, 5.41) is 8.69. The van der Waals surface area contributed by atoms with Gasteiger partial charge in [0.15, 0.2) is 0 Å². The van der Waals surface area contributed by atoms with Crippen LogP contribution in [-0.4, -0.2) is 36.6 Å². The van der Waals surface area contributed by atoms with Crippen LogP contribution in [0.5, 0.6) is 0 Å². The number of hydrogen-bond donors (Lipinski definition) is 1. The first-order valence-corrected chi connectivity index (χ1v) is 4.56. The maximum absolute atomic E-state index is 10.6. The van der Waals surface area contributed by atoms with Crippen molar-refractivity contribution in [2.24, 2.45) is 0 Å². The SMILES string of the molecule is CN(C)CCc1ccc(C(=O)O)cc1.Cl. The van der Waals surface area contributed by atoms with Gasteiger partial charge in [0, 0.05) is 6.54 Å². The van der Waals surface area contributed by atoms with Crippen LogP contribution < -0.4 is 0 Å². The van der Waals surface area contributed by atoms with Gasteiger partial charge >= 0.3 is 5.97 Å². The van der Waals surface area contributed by atoms with E-state index >= 15 is 0 Å². The van der Waals surface area contributed by atoms with Crippen LogP contribution in [0.3, 0.4) is 0 Å². The van der Waals surface area contributed by atoms with Gasteiger partial charge in [-0.2, -0.15) is 0 Å². The molecule has 0 aromatic heterocycles. The van der Waals surface area contributed by atoms with Crippen LogP contribution in [0.15, 0.2) is 24.3 Å². The zero-order valence-electron chi connectivity index (χ0n) is 8.93. The Labute approximate surface area is 96.1 Å². The molecule has 4 heteroatoms. The molecule has 0 unspecified atom stereocenters. The minimum atomic E-state index is -0.871. The molecule has 3 nitrogen and oxygen atoms in total. The van der Waals surface area contributed by atoms with Crippen LogP contribution in [0.4, 0.5) is 0 Å². The lowest BCUT2D eigenvalue weighted by Gasteiger charge is -2.08. The lowest BCUT2D eigenvalue weighted by Crippen LogP contribution is -2.15. The monoisotopic (exact) mass is 229 g/mol. The number of halogens is 1. The van der Waals surface area contributed by atoms with Crippen molar-refractivity contribution >= 4 is 18.4 Å². The first-order chi connectivity index (χ1) is 6.59. The molecular formula is C11H16ClNO2. The van der Waals surface area contributed by atoms with Gasteiger partial charge in [-0.05, 0) is 38.2 Å². The van der Waals surface area contributed by atoms with Crippen LogP contribution in [0, 0.1) is 0 Å². The summed E-state index contributed by atoms with van der Waals surface area (Å²) in [5.74, 6) is -0.871. The number of carboxylic acids is 1. The quantitative estimate of drug-likeness (QED) is 0.858. The van der Waals surface area contributed by atoms with Gasteiger partial charge in [-0.15, -0.1) is 12.4 Å². The molecule has 1 aromatic carbocycles. The molecule has 0 saturated carbocycles. The molecule has 0 aliphatic rings. The summed E-state index contributed by atoms with van der Waals surface area (Å²) in [6, 6.07) is 7.03. The third-order valence-corrected chi connectivity index (χ3v) is 2.05. The lowest BCUT2D eigenvalue weighted by atomic mass is 10.1. The predicted molar refractivity (Wildman–Crippen MR) is 62.9 cm³/mol. The van der Waals surface area contributed by atoms with Crippen molar-refractivity contribution in [3.8, 4) is 0 Å². The first-order valence-electron chi connectivity index (χ1n) is 4.56. The first kappa shape index (κ1) is 13.9. The van der Waals surface area contributed by atoms with E-state index in [4.69, 9.17) is 5.11 Å². The fourth-order valence-electron chi connectivity index (χ4n) is 1.17. The Hall–Kier alpha value is -1.06. The number of nitrogens with zero attached hydrogens (tertiary/aromatic N) is 1. The smallest absolute Gasteiger partial charge is 0.335 e. The van der Waals surface area contributed by atoms with Crippen molar-refractivity contribution < 1.29 is 9.90 Å². The summed E-state index contributed by atoms with van der Waals surface area (Å²) in [7, 11) is 4.04. The van der Waals surface area contributed by atoms with E-state index in [1.807, 2.05) is 26.2 Å². The van der Waals surface area contributed by atoms with Gasteiger partial charge in [0.05, 0.1) is 5.56 Å². The molecule has 0 radical (unpaired) electrons. The van der Waals surface area contributed by atoms with Gasteiger partial charge in [0.2, 0.25) is 0 Å². The standard InChI is InChI=1S/C11H15NO2.ClH/c1-12(2)8-7-9-3-5-10(6-4-9)11(13)14;/h3-6H,7-8H2,1-2H3,(H,13,14);1H. The summed E-state index contributed by atoms with van der Waals surface area (Å²) in [5.41, 5.74) is 1.52. The lowest BCUT2D eigenvalue weighted by molar-refractivity contribution is 0.0697. The molecule has 0 amide bonds. The Morgan fingerprint density at radius 1 is 1.27 bits per heavy atom. The van der Waals surface area contributed by atoms with E-state index in [9.17, 15) is 4.79 Å². The van der Waals surface area contributed by atoms with Crippen molar-refractivity contribution in [3.05, 3.63) is 35.4 Å². The van der Waals surface area contributed by atoms with E-state index in [-0.39, 0.29) is 12.4 Å². The van der Waals surface area contributed by atoms with Gasteiger partial charge < -0.3 is 10.0 Å². The van der Waals surface area contributed by atoms with Crippen molar-refractivity contribution in [2.45, 2.75) is 6.42 Å². The van der Waals surface area contributed by atoms with Crippen LogP contribution in [0.25, 0.3) is 0 Å². The second-order valence-electron chi connectivity index (χ2n) is 3.56. The summed E-state index contributed by atoms with van der Waals surface area (Å²) >= 11 is 0. The molecule has 0 aliphatic carbocycles. The van der Waals surface area contributed by atoms with Crippen molar-refractivity contribution in [1.29, 1.82) is 0 Å². The highest BCUT2D eigenvalue weighted by Crippen LogP contribution is 2.05. The van der Waals surface area contributed by atoms with Crippen LogP contribution >= 0.6 is 12.4 Å². The molecule has 0 fully saturated rings. The summed E-state index contributed by atoms with van der Waals surface area (Å²) in [6.07, 6.45) is 0.951. The Kier molecular flexibility index (Phi) is 5.97. The molecule has 0 saturated heterocycles. The largest absolute Gasteiger partial charge is 0.478 e. The summed E-state index contributed by atoms with van der Waals surface area (Å²) < 4.78 is 0. The molecule has 0 atom stereocenters. The summed E-state index contributed by atoms with van der Waals surface area (Å²) in [4.78, 5) is 12.7. The topological polar surface area (TPSA) is 40.5 Å². The average molecular weight is 230 g/mol. The van der Waals surface area contributed by atoms with Gasteiger partial charge in [-0.1, -0.05) is 12.1 Å². The zero-order chi connectivity index (χ0) is 10.6. The number of hydrogen-bond acceptors (Lipinski definition) is 2. The fraction of sp³-hybridized carbons (Fsp3) is 0.364. The minimum Gasteiger partial charge on any atom is -0.478 e. The van der Waals surface area contributed by atoms with E-state index in [0.717, 1.165) is 13.0 Å². The molecule has 84 valence electrons. The average Bonchev–Trinajstić information content (AvgIpc) is 2.15. The Morgan fingerprint density at radius 3 is 2.20 bits per heavy atom. The second-order valence-corrected chi connectivity index (χ2v) is 3.56. The van der Waals surface area contributed by atoms with Crippen molar-refractivity contribution in [2.75, 3.05) is 20.6 Å². The number of carboxylic acid groups (broad SMARTS) is 1. The third kappa shape index (κ3) is 4.81. The molecule has 15 heavy (non-hydrogen) atoms. The predicted octanol–water partition coefficient (Wildman–Crippen LogP) is 1.91. The Bertz CT molecular complexity index is 309. The number of likely N-dealkylation sites (N-methyl/N-ethyl adjacent to an activating group) is 1. The molecule has 0 heterocycles. The fourth-order valence-corrected chi connectivity index (χ4v) is 1.17. The van der Waals surface area contributed by atoms with E-state index in [1.54, 1.807) is 12.1 Å². The van der Waals surface area contributed by atoms with Gasteiger partial charge in [0.1, 0.15) is 0 Å². The zero-order valence-corrected chi connectivity index (χ0v) is 9.75. The van der Waals surface area contributed by atoms with Crippen molar-refractivity contribution in [1.82, 2.24) is 4.90 Å². The van der Waals surface area contributed by atoms with E-state index in [2.05, 4.69) is 4.90 Å². The molecule has 0 aliphatic heterocycles. The highest BCUT2D eigenvalue weighted by Gasteiger charge is 2.01. The number of rotatable bonds is 4. The summed E-state index contributed by atoms with van der Waals surface area (Å²) in [6.45, 7) is 0.979. The van der Waals surface area contributed by atoms with E-state index < -0.39 is 5.97 Å². The minimum absolute atomic E-state index is 0. The van der Waals surface area contributed by atoms with Gasteiger partial charge in [-0.3, -0.25) is 0 Å².